The smallest absolute Gasteiger partial charge is 0.272 e. The van der Waals surface area contributed by atoms with Gasteiger partial charge in [-0.15, -0.1) is 0 Å². The van der Waals surface area contributed by atoms with Crippen molar-refractivity contribution in [3.8, 4) is 0 Å². The van der Waals surface area contributed by atoms with Gasteiger partial charge >= 0.3 is 0 Å². The number of nitrogens with zero attached hydrogens (tertiary/aromatic N) is 2. The second kappa shape index (κ2) is 4.98. The van der Waals surface area contributed by atoms with Crippen LogP contribution in [0.5, 0.6) is 0 Å². The molecule has 1 amide bonds. The van der Waals surface area contributed by atoms with Crippen molar-refractivity contribution in [2.45, 2.75) is 31.7 Å². The monoisotopic (exact) mass is 295 g/mol. The van der Waals surface area contributed by atoms with Crippen molar-refractivity contribution >= 4 is 16.9 Å². The Hall–Kier alpha value is -2.63. The van der Waals surface area contributed by atoms with Crippen LogP contribution in [-0.4, -0.2) is 26.1 Å². The largest absolute Gasteiger partial charge is 0.341 e. The number of para-hydroxylation sites is 2. The fraction of sp³-hybridized carbons (Fsp3) is 0.312. The molecular weight excluding hydrogens is 278 g/mol. The lowest BCUT2D eigenvalue weighted by atomic mass is 10.2. The second-order valence-corrected chi connectivity index (χ2v) is 5.82. The molecule has 1 aliphatic carbocycles. The van der Waals surface area contributed by atoms with Gasteiger partial charge in [0.1, 0.15) is 11.5 Å². The first kappa shape index (κ1) is 13.1. The molecular formula is C16H17N5O. The zero-order chi connectivity index (χ0) is 15.1. The number of aromatic nitrogens is 4. The minimum atomic E-state index is -0.207. The second-order valence-electron chi connectivity index (χ2n) is 5.82. The maximum absolute atomic E-state index is 12.3. The van der Waals surface area contributed by atoms with Crippen molar-refractivity contribution in [3.05, 3.63) is 47.5 Å². The van der Waals surface area contributed by atoms with Crippen LogP contribution in [-0.2, 0) is 0 Å². The van der Waals surface area contributed by atoms with Crippen molar-refractivity contribution in [2.24, 2.45) is 0 Å². The summed E-state index contributed by atoms with van der Waals surface area (Å²) < 4.78 is 0. The van der Waals surface area contributed by atoms with Crippen molar-refractivity contribution in [2.75, 3.05) is 0 Å². The summed E-state index contributed by atoms with van der Waals surface area (Å²) in [7, 11) is 0. The third-order valence-electron chi connectivity index (χ3n) is 4.01. The highest BCUT2D eigenvalue weighted by molar-refractivity contribution is 5.92. The first-order chi connectivity index (χ1) is 10.7. The number of amides is 1. The highest BCUT2D eigenvalue weighted by Crippen LogP contribution is 2.39. The Morgan fingerprint density at radius 3 is 2.95 bits per heavy atom. The molecule has 2 heterocycles. The van der Waals surface area contributed by atoms with Gasteiger partial charge in [-0.3, -0.25) is 9.89 Å². The highest BCUT2D eigenvalue weighted by atomic mass is 16.2. The number of benzene rings is 1. The predicted molar refractivity (Wildman–Crippen MR) is 82.5 cm³/mol. The number of nitrogens with one attached hydrogen (secondary N) is 3. The van der Waals surface area contributed by atoms with Crippen molar-refractivity contribution in [1.82, 2.24) is 25.5 Å². The van der Waals surface area contributed by atoms with Crippen LogP contribution in [0.1, 0.15) is 53.7 Å². The van der Waals surface area contributed by atoms with Crippen LogP contribution in [0.3, 0.4) is 0 Å². The molecule has 1 atom stereocenters. The molecule has 6 heteroatoms. The fourth-order valence-corrected chi connectivity index (χ4v) is 2.57. The van der Waals surface area contributed by atoms with E-state index in [1.165, 1.54) is 12.8 Å². The molecule has 0 saturated heterocycles. The normalized spacial score (nSPS) is 15.9. The molecule has 112 valence electrons. The van der Waals surface area contributed by atoms with Crippen LogP contribution in [0, 0.1) is 0 Å². The van der Waals surface area contributed by atoms with Gasteiger partial charge in [-0.1, -0.05) is 12.1 Å². The van der Waals surface area contributed by atoms with Gasteiger partial charge in [-0.25, -0.2) is 4.98 Å². The molecule has 1 aromatic carbocycles. The molecule has 4 rings (SSSR count). The van der Waals surface area contributed by atoms with Crippen molar-refractivity contribution in [3.63, 3.8) is 0 Å². The van der Waals surface area contributed by atoms with Crippen LogP contribution < -0.4 is 5.32 Å². The van der Waals surface area contributed by atoms with Crippen molar-refractivity contribution in [1.29, 1.82) is 0 Å². The molecule has 6 nitrogen and oxygen atoms in total. The number of fused-ring (bicyclic) bond motifs is 1. The number of hydrogen-bond acceptors (Lipinski definition) is 3. The van der Waals surface area contributed by atoms with Gasteiger partial charge in [0.05, 0.1) is 17.1 Å². The van der Waals surface area contributed by atoms with Gasteiger partial charge in [-0.2, -0.15) is 5.10 Å². The molecule has 1 saturated carbocycles. The molecule has 22 heavy (non-hydrogen) atoms. The molecule has 0 bridgehead atoms. The maximum atomic E-state index is 12.3. The molecule has 0 spiro atoms. The Bertz CT molecular complexity index is 797. The van der Waals surface area contributed by atoms with Gasteiger partial charge in [0.15, 0.2) is 0 Å². The topological polar surface area (TPSA) is 86.5 Å². The van der Waals surface area contributed by atoms with Crippen LogP contribution in [0.25, 0.3) is 11.0 Å². The molecule has 1 fully saturated rings. The van der Waals surface area contributed by atoms with Gasteiger partial charge in [0, 0.05) is 11.6 Å². The molecule has 0 aliphatic heterocycles. The molecule has 3 N–H and O–H groups in total. The van der Waals surface area contributed by atoms with E-state index in [9.17, 15) is 4.79 Å². The van der Waals surface area contributed by atoms with E-state index in [0.29, 0.717) is 11.6 Å². The molecule has 0 radical (unpaired) electrons. The van der Waals surface area contributed by atoms with E-state index in [1.54, 1.807) is 0 Å². The molecule has 2 aromatic heterocycles. The zero-order valence-corrected chi connectivity index (χ0v) is 12.3. The van der Waals surface area contributed by atoms with E-state index in [2.05, 4.69) is 25.5 Å². The lowest BCUT2D eigenvalue weighted by molar-refractivity contribution is 0.0933. The highest BCUT2D eigenvalue weighted by Gasteiger charge is 2.26. The van der Waals surface area contributed by atoms with Gasteiger partial charge in [0.25, 0.3) is 5.91 Å². The maximum Gasteiger partial charge on any atom is 0.272 e. The Balaban J connectivity index is 1.50. The van der Waals surface area contributed by atoms with Gasteiger partial charge in [-0.05, 0) is 38.0 Å². The summed E-state index contributed by atoms with van der Waals surface area (Å²) in [5, 5.41) is 9.98. The Morgan fingerprint density at radius 2 is 2.18 bits per heavy atom. The lowest BCUT2D eigenvalue weighted by Crippen LogP contribution is -2.27. The lowest BCUT2D eigenvalue weighted by Gasteiger charge is -2.09. The number of imidazole rings is 1. The quantitative estimate of drug-likeness (QED) is 0.691. The SMILES string of the molecule is C[C@H](NC(=O)c1cc(C2CC2)[nH]n1)c1nc2ccccc2[nH]1. The summed E-state index contributed by atoms with van der Waals surface area (Å²) in [6.07, 6.45) is 2.36. The molecule has 3 aromatic rings. The van der Waals surface area contributed by atoms with Crippen LogP contribution in [0.2, 0.25) is 0 Å². The number of rotatable bonds is 4. The molecule has 1 aliphatic rings. The van der Waals surface area contributed by atoms with E-state index in [1.807, 2.05) is 37.3 Å². The predicted octanol–water partition coefficient (Wildman–Crippen LogP) is 2.65. The number of carbonyl (C=O) groups excluding carboxylic acids is 1. The van der Waals surface area contributed by atoms with E-state index in [4.69, 9.17) is 0 Å². The summed E-state index contributed by atoms with van der Waals surface area (Å²) in [5.41, 5.74) is 3.36. The van der Waals surface area contributed by atoms with E-state index in [-0.39, 0.29) is 11.9 Å². The first-order valence-corrected chi connectivity index (χ1v) is 7.51. The number of aromatic amines is 2. The van der Waals surface area contributed by atoms with E-state index in [0.717, 1.165) is 22.6 Å². The summed E-state index contributed by atoms with van der Waals surface area (Å²) in [5.74, 6) is 1.12. The summed E-state index contributed by atoms with van der Waals surface area (Å²) in [4.78, 5) is 20.0. The average Bonchev–Trinajstić information content (AvgIpc) is 3.10. The Morgan fingerprint density at radius 1 is 1.36 bits per heavy atom. The third kappa shape index (κ3) is 2.36. The van der Waals surface area contributed by atoms with E-state index >= 15 is 0 Å². The number of carbonyl (C=O) groups is 1. The Kier molecular flexibility index (Phi) is 2.96. The summed E-state index contributed by atoms with van der Waals surface area (Å²) in [6.45, 7) is 1.91. The third-order valence-corrected chi connectivity index (χ3v) is 4.01. The van der Waals surface area contributed by atoms with Crippen molar-refractivity contribution < 1.29 is 4.79 Å². The van der Waals surface area contributed by atoms with E-state index < -0.39 is 0 Å². The summed E-state index contributed by atoms with van der Waals surface area (Å²) in [6, 6.07) is 9.45. The zero-order valence-electron chi connectivity index (χ0n) is 12.3. The standard InChI is InChI=1S/C16H17N5O/c1-9(15-18-11-4-2-3-5-12(11)19-15)17-16(22)14-8-13(20-21-14)10-6-7-10/h2-5,8-10H,6-7H2,1H3,(H,17,22)(H,18,19)(H,20,21)/t9-/m0/s1. The van der Waals surface area contributed by atoms with Crippen LogP contribution in [0.4, 0.5) is 0 Å². The molecule has 0 unspecified atom stereocenters. The van der Waals surface area contributed by atoms with Gasteiger partial charge < -0.3 is 10.3 Å². The number of hydrogen-bond donors (Lipinski definition) is 3. The minimum absolute atomic E-state index is 0.184. The average molecular weight is 295 g/mol. The first-order valence-electron chi connectivity index (χ1n) is 7.51. The van der Waals surface area contributed by atoms with Crippen LogP contribution in [0.15, 0.2) is 30.3 Å². The Labute approximate surface area is 127 Å². The minimum Gasteiger partial charge on any atom is -0.341 e. The van der Waals surface area contributed by atoms with Crippen LogP contribution >= 0.6 is 0 Å². The van der Waals surface area contributed by atoms with Gasteiger partial charge in [0.2, 0.25) is 0 Å². The summed E-state index contributed by atoms with van der Waals surface area (Å²) >= 11 is 0. The number of H-pyrrole nitrogens is 2. The fourth-order valence-electron chi connectivity index (χ4n) is 2.57.